The molecule has 1 aromatic heterocycles. The number of carboxylic acids is 1. The molecule has 0 saturated heterocycles. The van der Waals surface area contributed by atoms with Crippen LogP contribution in [0.15, 0.2) is 24.3 Å². The topological polar surface area (TPSA) is 77.8 Å². The summed E-state index contributed by atoms with van der Waals surface area (Å²) < 4.78 is 12.5. The molecule has 6 nitrogen and oxygen atoms in total. The summed E-state index contributed by atoms with van der Waals surface area (Å²) in [5, 5.41) is 9.55. The second-order valence-electron chi connectivity index (χ2n) is 5.94. The van der Waals surface area contributed by atoms with Gasteiger partial charge < -0.3 is 19.1 Å². The van der Waals surface area contributed by atoms with Crippen molar-refractivity contribution in [2.75, 3.05) is 13.7 Å². The molecule has 2 heterocycles. The highest BCUT2D eigenvalue weighted by Crippen LogP contribution is 2.34. The number of hydrogen-bond acceptors (Lipinski definition) is 4. The molecule has 1 aromatic carbocycles. The largest absolute Gasteiger partial charge is 0.497 e. The van der Waals surface area contributed by atoms with Gasteiger partial charge in [-0.15, -0.1) is 0 Å². The van der Waals surface area contributed by atoms with Crippen LogP contribution >= 0.6 is 0 Å². The van der Waals surface area contributed by atoms with Gasteiger partial charge in [0.05, 0.1) is 30.5 Å². The number of benzene rings is 1. The Labute approximate surface area is 146 Å². The summed E-state index contributed by atoms with van der Waals surface area (Å²) in [5.41, 5.74) is 2.89. The average molecular weight is 343 g/mol. The second kappa shape index (κ2) is 7.01. The highest BCUT2D eigenvalue weighted by atomic mass is 16.5. The fraction of sp³-hybridized carbons (Fsp3) is 0.368. The van der Waals surface area contributed by atoms with Gasteiger partial charge in [0.25, 0.3) is 0 Å². The molecular weight excluding hydrogens is 322 g/mol. The molecule has 0 radical (unpaired) electrons. The van der Waals surface area contributed by atoms with E-state index in [1.807, 2.05) is 4.57 Å². The molecule has 1 aliphatic heterocycles. The van der Waals surface area contributed by atoms with E-state index in [1.165, 1.54) is 13.2 Å². The van der Waals surface area contributed by atoms with Crippen molar-refractivity contribution in [3.63, 3.8) is 0 Å². The molecule has 0 bridgehead atoms. The number of carbonyl (C=O) groups is 2. The van der Waals surface area contributed by atoms with Gasteiger partial charge in [-0.1, -0.05) is 0 Å². The smallest absolute Gasteiger partial charge is 0.339 e. The fourth-order valence-electron chi connectivity index (χ4n) is 3.33. The lowest BCUT2D eigenvalue weighted by Gasteiger charge is -2.19. The number of nitrogens with zero attached hydrogens (tertiary/aromatic N) is 1. The molecule has 0 fully saturated rings. The third kappa shape index (κ3) is 3.12. The number of hydrogen-bond donors (Lipinski definition) is 1. The first kappa shape index (κ1) is 17.1. The Morgan fingerprint density at radius 3 is 2.68 bits per heavy atom. The van der Waals surface area contributed by atoms with Crippen LogP contribution in [0.25, 0.3) is 11.3 Å². The number of rotatable bonds is 5. The zero-order chi connectivity index (χ0) is 18.0. The van der Waals surface area contributed by atoms with Crippen LogP contribution in [0, 0.1) is 0 Å². The molecule has 0 atom stereocenters. The van der Waals surface area contributed by atoms with Crippen LogP contribution in [0.3, 0.4) is 0 Å². The molecule has 3 rings (SSSR count). The van der Waals surface area contributed by atoms with Crippen LogP contribution in [0.2, 0.25) is 0 Å². The number of aromatic carboxylic acids is 1. The van der Waals surface area contributed by atoms with Crippen molar-refractivity contribution in [1.82, 2.24) is 4.57 Å². The van der Waals surface area contributed by atoms with Crippen molar-refractivity contribution < 1.29 is 24.2 Å². The molecule has 132 valence electrons. The molecular formula is C19H21NO5. The number of methoxy groups -OCH3 is 1. The van der Waals surface area contributed by atoms with Crippen molar-refractivity contribution in [3.05, 3.63) is 41.1 Å². The van der Waals surface area contributed by atoms with E-state index in [9.17, 15) is 14.7 Å². The molecule has 0 unspecified atom stereocenters. The van der Waals surface area contributed by atoms with Gasteiger partial charge >= 0.3 is 11.9 Å². The Morgan fingerprint density at radius 2 is 2.00 bits per heavy atom. The van der Waals surface area contributed by atoms with Crippen LogP contribution in [0.1, 0.15) is 46.2 Å². The van der Waals surface area contributed by atoms with E-state index in [0.717, 1.165) is 31.5 Å². The van der Waals surface area contributed by atoms with Crippen LogP contribution in [-0.2, 0) is 17.7 Å². The maximum Gasteiger partial charge on any atom is 0.339 e. The van der Waals surface area contributed by atoms with Crippen molar-refractivity contribution in [3.8, 4) is 17.0 Å². The third-order valence-corrected chi connectivity index (χ3v) is 4.48. The summed E-state index contributed by atoms with van der Waals surface area (Å²) in [7, 11) is 1.54. The summed E-state index contributed by atoms with van der Waals surface area (Å²) in [6, 6.07) is 6.61. The quantitative estimate of drug-likeness (QED) is 0.842. The predicted octanol–water partition coefficient (Wildman–Crippen LogP) is 3.37. The molecule has 25 heavy (non-hydrogen) atoms. The summed E-state index contributed by atoms with van der Waals surface area (Å²) in [5.74, 6) is -0.801. The van der Waals surface area contributed by atoms with E-state index in [2.05, 4.69) is 0 Å². The van der Waals surface area contributed by atoms with E-state index in [4.69, 9.17) is 9.47 Å². The van der Waals surface area contributed by atoms with Crippen molar-refractivity contribution in [1.29, 1.82) is 0 Å². The first-order valence-corrected chi connectivity index (χ1v) is 8.38. The molecule has 1 N–H and O–H groups in total. The number of esters is 1. The van der Waals surface area contributed by atoms with E-state index < -0.39 is 5.97 Å². The molecule has 0 amide bonds. The van der Waals surface area contributed by atoms with Crippen LogP contribution in [0.5, 0.6) is 5.75 Å². The lowest BCUT2D eigenvalue weighted by Crippen LogP contribution is -2.15. The van der Waals surface area contributed by atoms with Crippen molar-refractivity contribution >= 4 is 11.9 Å². The summed E-state index contributed by atoms with van der Waals surface area (Å²) in [6.07, 6.45) is 2.77. The van der Waals surface area contributed by atoms with Gasteiger partial charge in [0.2, 0.25) is 0 Å². The predicted molar refractivity (Wildman–Crippen MR) is 92.3 cm³/mol. The van der Waals surface area contributed by atoms with Gasteiger partial charge in [-0.05, 0) is 50.5 Å². The Kier molecular flexibility index (Phi) is 4.79. The Morgan fingerprint density at radius 1 is 1.20 bits per heavy atom. The van der Waals surface area contributed by atoms with Gasteiger partial charge in [-0.25, -0.2) is 9.59 Å². The van der Waals surface area contributed by atoms with Crippen LogP contribution in [-0.4, -0.2) is 35.3 Å². The summed E-state index contributed by atoms with van der Waals surface area (Å²) >= 11 is 0. The number of ether oxygens (including phenoxy) is 2. The summed E-state index contributed by atoms with van der Waals surface area (Å²) in [4.78, 5) is 24.0. The zero-order valence-corrected chi connectivity index (χ0v) is 14.4. The minimum absolute atomic E-state index is 0.182. The highest BCUT2D eigenvalue weighted by molar-refractivity contribution is 5.98. The van der Waals surface area contributed by atoms with Gasteiger partial charge in [-0.2, -0.15) is 0 Å². The molecule has 2 aromatic rings. The minimum atomic E-state index is -1.01. The maximum atomic E-state index is 12.3. The second-order valence-corrected chi connectivity index (χ2v) is 5.94. The van der Waals surface area contributed by atoms with E-state index in [0.29, 0.717) is 29.2 Å². The average Bonchev–Trinajstić information content (AvgIpc) is 3.01. The zero-order valence-electron chi connectivity index (χ0n) is 14.4. The van der Waals surface area contributed by atoms with Gasteiger partial charge in [0.15, 0.2) is 0 Å². The molecule has 6 heteroatoms. The maximum absolute atomic E-state index is 12.3. The fourth-order valence-corrected chi connectivity index (χ4v) is 3.33. The van der Waals surface area contributed by atoms with E-state index in [-0.39, 0.29) is 11.5 Å². The van der Waals surface area contributed by atoms with Gasteiger partial charge in [0, 0.05) is 17.8 Å². The number of carbonyl (C=O) groups excluding carboxylic acids is 1. The van der Waals surface area contributed by atoms with E-state index >= 15 is 0 Å². The Bertz CT molecular complexity index is 821. The molecule has 1 aliphatic rings. The number of carboxylic acid groups (broad SMARTS) is 1. The lowest BCUT2D eigenvalue weighted by atomic mass is 10.0. The van der Waals surface area contributed by atoms with Crippen molar-refractivity contribution in [2.24, 2.45) is 0 Å². The number of fused-ring (bicyclic) bond motifs is 1. The Balaban J connectivity index is 2.21. The van der Waals surface area contributed by atoms with Crippen LogP contribution < -0.4 is 4.74 Å². The minimum Gasteiger partial charge on any atom is -0.497 e. The van der Waals surface area contributed by atoms with E-state index in [1.54, 1.807) is 25.1 Å². The molecule has 0 aliphatic carbocycles. The molecule has 0 saturated carbocycles. The third-order valence-electron chi connectivity index (χ3n) is 4.48. The first-order chi connectivity index (χ1) is 12.1. The summed E-state index contributed by atoms with van der Waals surface area (Å²) in [6.45, 7) is 2.82. The monoisotopic (exact) mass is 343 g/mol. The van der Waals surface area contributed by atoms with Gasteiger partial charge in [-0.3, -0.25) is 0 Å². The lowest BCUT2D eigenvalue weighted by molar-refractivity contribution is 0.0524. The molecule has 0 spiro atoms. The standard InChI is InChI=1S/C19H21NO5/c1-3-25-19(23)15-11-17(20-9-5-4-6-16(15)20)14-10-12(24-2)7-8-13(14)18(21)22/h7-8,10-11H,3-6,9H2,1-2H3,(H,21,22). The number of aromatic nitrogens is 1. The van der Waals surface area contributed by atoms with Crippen molar-refractivity contribution in [2.45, 2.75) is 32.7 Å². The first-order valence-electron chi connectivity index (χ1n) is 8.38. The normalized spacial score (nSPS) is 13.2. The SMILES string of the molecule is CCOC(=O)c1cc(-c2cc(OC)ccc2C(=O)O)n2c1CCCC2. The highest BCUT2D eigenvalue weighted by Gasteiger charge is 2.26. The Hall–Kier alpha value is -2.76. The van der Waals surface area contributed by atoms with Crippen LogP contribution in [0.4, 0.5) is 0 Å². The van der Waals surface area contributed by atoms with Gasteiger partial charge in [0.1, 0.15) is 5.75 Å².